The predicted octanol–water partition coefficient (Wildman–Crippen LogP) is 4.44. The molecule has 0 aliphatic rings. The number of ether oxygens (including phenoxy) is 1. The molecule has 0 spiro atoms. The molecule has 0 amide bonds. The topological polar surface area (TPSA) is 59.7 Å². The third-order valence-corrected chi connectivity index (χ3v) is 4.25. The second-order valence-corrected chi connectivity index (χ2v) is 5.77. The molecule has 124 valence electrons. The van der Waals surface area contributed by atoms with Crippen LogP contribution >= 0.6 is 0 Å². The van der Waals surface area contributed by atoms with Gasteiger partial charge in [-0.05, 0) is 24.1 Å². The average Bonchev–Trinajstić information content (AvgIpc) is 2.61. The molecule has 1 aromatic heterocycles. The van der Waals surface area contributed by atoms with Gasteiger partial charge in [0, 0.05) is 12.0 Å². The van der Waals surface area contributed by atoms with Crippen molar-refractivity contribution >= 4 is 11.0 Å². The molecule has 2 aromatic carbocycles. The lowest BCUT2D eigenvalue weighted by Gasteiger charge is -2.18. The summed E-state index contributed by atoms with van der Waals surface area (Å²) in [5.74, 6) is 0.371. The van der Waals surface area contributed by atoms with Crippen LogP contribution in [0.2, 0.25) is 0 Å². The first-order valence-corrected chi connectivity index (χ1v) is 8.04. The molecule has 1 atom stereocenters. The predicted molar refractivity (Wildman–Crippen MR) is 93.9 cm³/mol. The summed E-state index contributed by atoms with van der Waals surface area (Å²) in [6, 6.07) is 14.8. The Balaban J connectivity index is 2.22. The van der Waals surface area contributed by atoms with Gasteiger partial charge < -0.3 is 14.3 Å². The van der Waals surface area contributed by atoms with Crippen molar-refractivity contribution in [2.24, 2.45) is 0 Å². The average molecular weight is 324 g/mol. The maximum absolute atomic E-state index is 12.6. The second kappa shape index (κ2) is 6.79. The van der Waals surface area contributed by atoms with Crippen molar-refractivity contribution < 1.29 is 14.3 Å². The first kappa shape index (κ1) is 16.1. The monoisotopic (exact) mass is 324 g/mol. The quantitative estimate of drug-likeness (QED) is 0.705. The summed E-state index contributed by atoms with van der Waals surface area (Å²) in [7, 11) is 1.54. The van der Waals surface area contributed by atoms with Crippen molar-refractivity contribution in [2.75, 3.05) is 7.11 Å². The third kappa shape index (κ3) is 2.87. The Morgan fingerprint density at radius 2 is 1.92 bits per heavy atom. The van der Waals surface area contributed by atoms with Crippen LogP contribution in [-0.2, 0) is 0 Å². The Morgan fingerprint density at radius 1 is 1.17 bits per heavy atom. The van der Waals surface area contributed by atoms with E-state index in [4.69, 9.17) is 9.15 Å². The SMILES string of the molecule is CCCC(c1ccccc1)c1c(O)c2ccc(OC)cc2oc1=O. The smallest absolute Gasteiger partial charge is 0.343 e. The highest BCUT2D eigenvalue weighted by Crippen LogP contribution is 2.37. The summed E-state index contributed by atoms with van der Waals surface area (Å²) in [5.41, 5.74) is 1.13. The fourth-order valence-electron chi connectivity index (χ4n) is 3.07. The molecule has 3 aromatic rings. The van der Waals surface area contributed by atoms with Crippen LogP contribution in [0.15, 0.2) is 57.7 Å². The molecule has 1 heterocycles. The first-order valence-electron chi connectivity index (χ1n) is 8.04. The Hall–Kier alpha value is -2.75. The van der Waals surface area contributed by atoms with E-state index >= 15 is 0 Å². The van der Waals surface area contributed by atoms with Crippen LogP contribution in [0.25, 0.3) is 11.0 Å². The fraction of sp³-hybridized carbons (Fsp3) is 0.250. The maximum atomic E-state index is 12.6. The van der Waals surface area contributed by atoms with Crippen LogP contribution in [0.4, 0.5) is 0 Å². The maximum Gasteiger partial charge on any atom is 0.343 e. The van der Waals surface area contributed by atoms with E-state index in [-0.39, 0.29) is 11.7 Å². The van der Waals surface area contributed by atoms with Gasteiger partial charge in [-0.2, -0.15) is 0 Å². The van der Waals surface area contributed by atoms with Crippen LogP contribution in [0.1, 0.15) is 36.8 Å². The van der Waals surface area contributed by atoms with Crippen LogP contribution in [0.5, 0.6) is 11.5 Å². The summed E-state index contributed by atoms with van der Waals surface area (Å²) in [6.07, 6.45) is 1.64. The minimum atomic E-state index is -0.504. The van der Waals surface area contributed by atoms with E-state index in [9.17, 15) is 9.90 Å². The van der Waals surface area contributed by atoms with Gasteiger partial charge in [-0.25, -0.2) is 4.79 Å². The highest BCUT2D eigenvalue weighted by atomic mass is 16.5. The molecule has 4 nitrogen and oxygen atoms in total. The number of rotatable bonds is 5. The molecule has 0 radical (unpaired) electrons. The molecule has 0 aliphatic carbocycles. The van der Waals surface area contributed by atoms with E-state index in [0.29, 0.717) is 22.3 Å². The zero-order valence-electron chi connectivity index (χ0n) is 13.8. The first-order chi connectivity index (χ1) is 11.7. The molecule has 4 heteroatoms. The van der Waals surface area contributed by atoms with Crippen molar-refractivity contribution in [3.8, 4) is 11.5 Å². The van der Waals surface area contributed by atoms with E-state index < -0.39 is 5.63 Å². The fourth-order valence-corrected chi connectivity index (χ4v) is 3.07. The van der Waals surface area contributed by atoms with Crippen LogP contribution < -0.4 is 10.4 Å². The van der Waals surface area contributed by atoms with Crippen LogP contribution in [0, 0.1) is 0 Å². The van der Waals surface area contributed by atoms with E-state index in [1.54, 1.807) is 25.3 Å². The Morgan fingerprint density at radius 3 is 2.58 bits per heavy atom. The van der Waals surface area contributed by atoms with E-state index in [1.807, 2.05) is 30.3 Å². The van der Waals surface area contributed by atoms with Crippen molar-refractivity contribution in [2.45, 2.75) is 25.7 Å². The van der Waals surface area contributed by atoms with Gasteiger partial charge in [0.05, 0.1) is 18.1 Å². The van der Waals surface area contributed by atoms with Gasteiger partial charge in [-0.1, -0.05) is 43.7 Å². The van der Waals surface area contributed by atoms with Gasteiger partial charge in [0.25, 0.3) is 0 Å². The molecule has 1 N–H and O–H groups in total. The van der Waals surface area contributed by atoms with Crippen LogP contribution in [-0.4, -0.2) is 12.2 Å². The largest absolute Gasteiger partial charge is 0.507 e. The van der Waals surface area contributed by atoms with Gasteiger partial charge in [-0.3, -0.25) is 0 Å². The minimum absolute atomic E-state index is 0.00814. The molecule has 1 unspecified atom stereocenters. The lowest BCUT2D eigenvalue weighted by atomic mass is 9.87. The zero-order valence-corrected chi connectivity index (χ0v) is 13.8. The Labute approximate surface area is 140 Å². The molecule has 3 rings (SSSR count). The van der Waals surface area contributed by atoms with Gasteiger partial charge >= 0.3 is 5.63 Å². The normalized spacial score (nSPS) is 12.2. The summed E-state index contributed by atoms with van der Waals surface area (Å²) in [6.45, 7) is 2.06. The minimum Gasteiger partial charge on any atom is -0.507 e. The van der Waals surface area contributed by atoms with Crippen molar-refractivity contribution in [1.82, 2.24) is 0 Å². The lowest BCUT2D eigenvalue weighted by molar-refractivity contribution is 0.413. The van der Waals surface area contributed by atoms with Gasteiger partial charge in [0.15, 0.2) is 0 Å². The van der Waals surface area contributed by atoms with E-state index in [1.165, 1.54) is 0 Å². The standard InChI is InChI=1S/C20H20O4/c1-3-7-15(13-8-5-4-6-9-13)18-19(21)16-11-10-14(23-2)12-17(16)24-20(18)22/h4-6,8-12,15,21H,3,7H2,1-2H3. The lowest BCUT2D eigenvalue weighted by Crippen LogP contribution is -2.14. The highest BCUT2D eigenvalue weighted by Gasteiger charge is 2.24. The van der Waals surface area contributed by atoms with Gasteiger partial charge in [0.1, 0.15) is 17.1 Å². The summed E-state index contributed by atoms with van der Waals surface area (Å²) < 4.78 is 10.6. The molecule has 0 saturated heterocycles. The second-order valence-electron chi connectivity index (χ2n) is 5.77. The number of hydrogen-bond donors (Lipinski definition) is 1. The van der Waals surface area contributed by atoms with E-state index in [2.05, 4.69) is 6.92 Å². The van der Waals surface area contributed by atoms with Crippen LogP contribution in [0.3, 0.4) is 0 Å². The van der Waals surface area contributed by atoms with Crippen molar-refractivity contribution in [3.05, 3.63) is 70.1 Å². The van der Waals surface area contributed by atoms with Gasteiger partial charge in [-0.15, -0.1) is 0 Å². The molecular weight excluding hydrogens is 304 g/mol. The number of methoxy groups -OCH3 is 1. The highest BCUT2D eigenvalue weighted by molar-refractivity contribution is 5.85. The number of aromatic hydroxyl groups is 1. The Kier molecular flexibility index (Phi) is 4.56. The number of hydrogen-bond acceptors (Lipinski definition) is 4. The molecule has 0 aliphatic heterocycles. The number of fused-ring (bicyclic) bond motifs is 1. The van der Waals surface area contributed by atoms with Crippen molar-refractivity contribution in [1.29, 1.82) is 0 Å². The summed E-state index contributed by atoms with van der Waals surface area (Å²) in [4.78, 5) is 12.6. The van der Waals surface area contributed by atoms with E-state index in [0.717, 1.165) is 18.4 Å². The summed E-state index contributed by atoms with van der Waals surface area (Å²) >= 11 is 0. The van der Waals surface area contributed by atoms with Crippen molar-refractivity contribution in [3.63, 3.8) is 0 Å². The molecular formula is C20H20O4. The molecule has 0 saturated carbocycles. The third-order valence-electron chi connectivity index (χ3n) is 4.25. The molecule has 24 heavy (non-hydrogen) atoms. The Bertz CT molecular complexity index is 897. The van der Waals surface area contributed by atoms with Gasteiger partial charge in [0.2, 0.25) is 0 Å². The molecule has 0 bridgehead atoms. The molecule has 0 fully saturated rings. The summed E-state index contributed by atoms with van der Waals surface area (Å²) in [5, 5.41) is 11.3. The number of benzene rings is 2. The zero-order chi connectivity index (χ0) is 17.1.